The lowest BCUT2D eigenvalue weighted by Crippen LogP contribution is -2.12. The summed E-state index contributed by atoms with van der Waals surface area (Å²) in [7, 11) is -3.64. The summed E-state index contributed by atoms with van der Waals surface area (Å²) < 4.78 is 29.8. The molecule has 2 heterocycles. The van der Waals surface area contributed by atoms with Gasteiger partial charge in [0.05, 0.1) is 10.3 Å². The molecule has 1 aliphatic carbocycles. The Balaban J connectivity index is 1.53. The molecule has 5 rings (SSSR count). The number of pyridine rings is 1. The number of fused-ring (bicyclic) bond motifs is 1. The summed E-state index contributed by atoms with van der Waals surface area (Å²) in [5.41, 5.74) is 10.6. The average Bonchev–Trinajstić information content (AvgIpc) is 3.60. The van der Waals surface area contributed by atoms with E-state index in [1.54, 1.807) is 42.5 Å². The van der Waals surface area contributed by atoms with Gasteiger partial charge in [-0.1, -0.05) is 37.3 Å². The van der Waals surface area contributed by atoms with Gasteiger partial charge in [-0.05, 0) is 60.7 Å². The number of benzene rings is 2. The number of nitrogens with one attached hydrogen (secondary N) is 1. The van der Waals surface area contributed by atoms with Crippen LogP contribution in [0, 0.1) is 0 Å². The Kier molecular flexibility index (Phi) is 5.09. The molecule has 164 valence electrons. The number of aromatic nitrogens is 3. The van der Waals surface area contributed by atoms with Crippen LogP contribution in [-0.2, 0) is 16.6 Å². The molecule has 0 bridgehead atoms. The highest BCUT2D eigenvalue weighted by Gasteiger charge is 2.28. The van der Waals surface area contributed by atoms with Gasteiger partial charge in [-0.15, -0.1) is 0 Å². The summed E-state index contributed by atoms with van der Waals surface area (Å²) in [5, 5.41) is 5.37. The van der Waals surface area contributed by atoms with Crippen LogP contribution >= 0.6 is 0 Å². The molecule has 1 aliphatic rings. The molecular formula is C24H25N5O2S. The smallest absolute Gasteiger partial charge is 0.261 e. The zero-order chi connectivity index (χ0) is 22.3. The predicted molar refractivity (Wildman–Crippen MR) is 127 cm³/mol. The van der Waals surface area contributed by atoms with Crippen LogP contribution in [0.4, 0.5) is 11.5 Å². The Morgan fingerprint density at radius 2 is 1.81 bits per heavy atom. The Hall–Kier alpha value is -3.39. The van der Waals surface area contributed by atoms with Gasteiger partial charge in [0.1, 0.15) is 0 Å². The van der Waals surface area contributed by atoms with E-state index in [1.165, 1.54) is 0 Å². The van der Waals surface area contributed by atoms with Crippen molar-refractivity contribution in [1.29, 1.82) is 0 Å². The topological polar surface area (TPSA) is 103 Å². The average molecular weight is 448 g/mol. The molecule has 8 heteroatoms. The third-order valence-electron chi connectivity index (χ3n) is 5.68. The van der Waals surface area contributed by atoms with Crippen molar-refractivity contribution in [3.63, 3.8) is 0 Å². The molecule has 0 aliphatic heterocycles. The molecule has 3 N–H and O–H groups in total. The maximum atomic E-state index is 12.6. The van der Waals surface area contributed by atoms with E-state index < -0.39 is 10.0 Å². The van der Waals surface area contributed by atoms with E-state index in [1.807, 2.05) is 16.8 Å². The second kappa shape index (κ2) is 7.94. The molecule has 32 heavy (non-hydrogen) atoms. The minimum atomic E-state index is -3.64. The van der Waals surface area contributed by atoms with Crippen LogP contribution in [0.1, 0.15) is 37.8 Å². The van der Waals surface area contributed by atoms with Gasteiger partial charge in [0.2, 0.25) is 0 Å². The summed E-state index contributed by atoms with van der Waals surface area (Å²) in [6.45, 7) is 2.86. The lowest BCUT2D eigenvalue weighted by molar-refractivity contribution is 0.601. The summed E-state index contributed by atoms with van der Waals surface area (Å²) in [6.07, 6.45) is 3.24. The molecule has 0 amide bonds. The molecule has 2 aromatic heterocycles. The van der Waals surface area contributed by atoms with Crippen molar-refractivity contribution in [2.45, 2.75) is 43.5 Å². The summed E-state index contributed by atoms with van der Waals surface area (Å²) in [4.78, 5) is 5.12. The number of hydrogen-bond acceptors (Lipinski definition) is 5. The van der Waals surface area contributed by atoms with Crippen molar-refractivity contribution in [3.8, 4) is 11.1 Å². The highest BCUT2D eigenvalue weighted by molar-refractivity contribution is 7.92. The number of rotatable bonds is 7. The van der Waals surface area contributed by atoms with E-state index in [-0.39, 0.29) is 4.90 Å². The first-order valence-electron chi connectivity index (χ1n) is 10.8. The molecular weight excluding hydrogens is 422 g/mol. The molecule has 1 fully saturated rings. The first-order valence-corrected chi connectivity index (χ1v) is 12.3. The van der Waals surface area contributed by atoms with Crippen molar-refractivity contribution in [2.24, 2.45) is 0 Å². The Labute approximate surface area is 187 Å². The zero-order valence-corrected chi connectivity index (χ0v) is 18.6. The van der Waals surface area contributed by atoms with Crippen LogP contribution < -0.4 is 10.5 Å². The standard InChI is InChI=1S/C24H25N5O2S/c1-2-14-29-24-22(23(25)27-29)20(15-21(26-24)17-8-9-17)16-10-12-18(13-11-16)28-32(30,31)19-6-4-3-5-7-19/h3-7,10-13,15,17,28H,2,8-9,14H2,1H3,(H2,25,27). The van der Waals surface area contributed by atoms with Crippen LogP contribution in [0.2, 0.25) is 0 Å². The van der Waals surface area contributed by atoms with Gasteiger partial charge in [-0.3, -0.25) is 4.72 Å². The maximum Gasteiger partial charge on any atom is 0.261 e. The van der Waals surface area contributed by atoms with Crippen molar-refractivity contribution in [2.75, 3.05) is 10.5 Å². The molecule has 2 aromatic carbocycles. The highest BCUT2D eigenvalue weighted by atomic mass is 32.2. The number of nitrogen functional groups attached to an aromatic ring is 1. The molecule has 0 atom stereocenters. The number of anilines is 2. The lowest BCUT2D eigenvalue weighted by atomic mass is 10.0. The molecule has 0 spiro atoms. The minimum absolute atomic E-state index is 0.227. The van der Waals surface area contributed by atoms with E-state index in [0.717, 1.165) is 53.7 Å². The SMILES string of the molecule is CCCn1nc(N)c2c(-c3ccc(NS(=O)(=O)c4ccccc4)cc3)cc(C3CC3)nc21. The van der Waals surface area contributed by atoms with E-state index in [0.29, 0.717) is 17.4 Å². The number of nitrogens with zero attached hydrogens (tertiary/aromatic N) is 3. The zero-order valence-electron chi connectivity index (χ0n) is 17.8. The van der Waals surface area contributed by atoms with Crippen molar-refractivity contribution < 1.29 is 8.42 Å². The van der Waals surface area contributed by atoms with Gasteiger partial charge in [0.15, 0.2) is 11.5 Å². The third kappa shape index (κ3) is 3.82. The van der Waals surface area contributed by atoms with Crippen LogP contribution in [0.5, 0.6) is 0 Å². The van der Waals surface area contributed by atoms with Crippen LogP contribution in [0.3, 0.4) is 0 Å². The monoisotopic (exact) mass is 447 g/mol. The largest absolute Gasteiger partial charge is 0.382 e. The Morgan fingerprint density at radius 1 is 1.09 bits per heavy atom. The minimum Gasteiger partial charge on any atom is -0.382 e. The quantitative estimate of drug-likeness (QED) is 0.425. The maximum absolute atomic E-state index is 12.6. The molecule has 0 radical (unpaired) electrons. The van der Waals surface area contributed by atoms with Gasteiger partial charge < -0.3 is 5.73 Å². The second-order valence-corrected chi connectivity index (χ2v) is 9.85. The molecule has 0 unspecified atom stereocenters. The van der Waals surface area contributed by atoms with Crippen LogP contribution in [0.25, 0.3) is 22.2 Å². The summed E-state index contributed by atoms with van der Waals surface area (Å²) >= 11 is 0. The Morgan fingerprint density at radius 3 is 2.47 bits per heavy atom. The fraction of sp³-hybridized carbons (Fsp3) is 0.250. The lowest BCUT2D eigenvalue weighted by Gasteiger charge is -2.11. The van der Waals surface area contributed by atoms with E-state index >= 15 is 0 Å². The third-order valence-corrected chi connectivity index (χ3v) is 7.08. The van der Waals surface area contributed by atoms with Crippen LogP contribution in [-0.4, -0.2) is 23.2 Å². The van der Waals surface area contributed by atoms with Crippen LogP contribution in [0.15, 0.2) is 65.6 Å². The van der Waals surface area contributed by atoms with Gasteiger partial charge in [0.25, 0.3) is 10.0 Å². The highest BCUT2D eigenvalue weighted by Crippen LogP contribution is 2.42. The van der Waals surface area contributed by atoms with Gasteiger partial charge in [0, 0.05) is 23.8 Å². The predicted octanol–water partition coefficient (Wildman–Crippen LogP) is 4.77. The summed E-state index contributed by atoms with van der Waals surface area (Å²) in [6, 6.07) is 17.8. The number of nitrogens with two attached hydrogens (primary N) is 1. The second-order valence-electron chi connectivity index (χ2n) is 8.17. The summed E-state index contributed by atoms with van der Waals surface area (Å²) in [5.74, 6) is 0.952. The molecule has 0 saturated heterocycles. The number of sulfonamides is 1. The van der Waals surface area contributed by atoms with E-state index in [4.69, 9.17) is 10.7 Å². The van der Waals surface area contributed by atoms with Gasteiger partial charge in [-0.2, -0.15) is 5.10 Å². The van der Waals surface area contributed by atoms with E-state index in [2.05, 4.69) is 22.8 Å². The van der Waals surface area contributed by atoms with Crippen molar-refractivity contribution in [1.82, 2.24) is 14.8 Å². The molecule has 1 saturated carbocycles. The number of aryl methyl sites for hydroxylation is 1. The molecule has 7 nitrogen and oxygen atoms in total. The van der Waals surface area contributed by atoms with Gasteiger partial charge in [-0.25, -0.2) is 18.1 Å². The van der Waals surface area contributed by atoms with Gasteiger partial charge >= 0.3 is 0 Å². The fourth-order valence-corrected chi connectivity index (χ4v) is 5.01. The molecule has 4 aromatic rings. The Bertz CT molecular complexity index is 1380. The van der Waals surface area contributed by atoms with Crippen molar-refractivity contribution in [3.05, 3.63) is 66.4 Å². The fourth-order valence-electron chi connectivity index (χ4n) is 3.93. The first kappa shape index (κ1) is 20.5. The first-order chi connectivity index (χ1) is 15.5. The van der Waals surface area contributed by atoms with E-state index in [9.17, 15) is 8.42 Å². The van der Waals surface area contributed by atoms with Crippen molar-refractivity contribution >= 4 is 32.6 Å². The number of hydrogen-bond donors (Lipinski definition) is 2. The normalized spacial score (nSPS) is 14.0.